The molecule has 4 rings (SSSR count). The van der Waals surface area contributed by atoms with Crippen LogP contribution in [0.2, 0.25) is 0 Å². The molecule has 34 heavy (non-hydrogen) atoms. The van der Waals surface area contributed by atoms with E-state index in [0.717, 1.165) is 47.4 Å². The van der Waals surface area contributed by atoms with E-state index in [9.17, 15) is 18.8 Å². The Labute approximate surface area is 194 Å². The van der Waals surface area contributed by atoms with E-state index in [1.807, 2.05) is 0 Å². The van der Waals surface area contributed by atoms with Crippen LogP contribution >= 0.6 is 0 Å². The van der Waals surface area contributed by atoms with Crippen molar-refractivity contribution in [2.24, 2.45) is 7.05 Å². The Kier molecular flexibility index (Phi) is 7.26. The molecule has 1 aliphatic heterocycles. The summed E-state index contributed by atoms with van der Waals surface area (Å²) in [4.78, 5) is 43.9. The van der Waals surface area contributed by atoms with E-state index < -0.39 is 23.0 Å². The van der Waals surface area contributed by atoms with Crippen molar-refractivity contribution >= 4 is 5.91 Å². The van der Waals surface area contributed by atoms with Gasteiger partial charge in [0.2, 0.25) is 5.82 Å². The second kappa shape index (κ2) is 10.5. The number of hydrogen-bond donors (Lipinski definition) is 1. The van der Waals surface area contributed by atoms with Gasteiger partial charge in [-0.25, -0.2) is 9.18 Å². The number of nitrogens with zero attached hydrogens (tertiary/aromatic N) is 6. The third-order valence-electron chi connectivity index (χ3n) is 5.71. The number of hydrogen-bond acceptors (Lipinski definition) is 8. The molecule has 0 bridgehead atoms. The normalized spacial score (nSPS) is 14.6. The van der Waals surface area contributed by atoms with Crippen LogP contribution in [0.3, 0.4) is 0 Å². The fraction of sp³-hybridized carbons (Fsp3) is 0.455. The molecular formula is C22H26FN7O4. The zero-order valence-corrected chi connectivity index (χ0v) is 18.9. The van der Waals surface area contributed by atoms with Gasteiger partial charge in [-0.05, 0) is 63.2 Å². The number of amides is 1. The van der Waals surface area contributed by atoms with Gasteiger partial charge in [0, 0.05) is 13.6 Å². The first-order valence-corrected chi connectivity index (χ1v) is 11.2. The predicted molar refractivity (Wildman–Crippen MR) is 120 cm³/mol. The lowest BCUT2D eigenvalue weighted by Crippen LogP contribution is -2.40. The SMILES string of the molecule is Cn1c(=O)c(-c2noc(C(=O)NCCCN3CCCCCC3)n2)nn(-c2ccc(F)cc2)c1=O. The molecule has 0 atom stereocenters. The van der Waals surface area contributed by atoms with Gasteiger partial charge in [0.15, 0.2) is 5.69 Å². The molecule has 0 unspecified atom stereocenters. The zero-order valence-electron chi connectivity index (χ0n) is 18.9. The monoisotopic (exact) mass is 471 g/mol. The van der Waals surface area contributed by atoms with Crippen molar-refractivity contribution in [1.29, 1.82) is 0 Å². The molecule has 12 heteroatoms. The van der Waals surface area contributed by atoms with Crippen LogP contribution < -0.4 is 16.6 Å². The summed E-state index contributed by atoms with van der Waals surface area (Å²) < 4.78 is 20.0. The van der Waals surface area contributed by atoms with Crippen molar-refractivity contribution in [2.75, 3.05) is 26.2 Å². The molecule has 1 aliphatic rings. The first-order valence-electron chi connectivity index (χ1n) is 11.2. The summed E-state index contributed by atoms with van der Waals surface area (Å²) in [6.07, 6.45) is 5.74. The number of rotatable bonds is 7. The number of halogens is 1. The van der Waals surface area contributed by atoms with Crippen LogP contribution in [0.15, 0.2) is 38.4 Å². The van der Waals surface area contributed by atoms with Gasteiger partial charge in [0.1, 0.15) is 5.82 Å². The molecule has 1 aromatic carbocycles. The van der Waals surface area contributed by atoms with E-state index in [1.54, 1.807) is 0 Å². The van der Waals surface area contributed by atoms with Crippen molar-refractivity contribution in [3.63, 3.8) is 0 Å². The predicted octanol–water partition coefficient (Wildman–Crippen LogP) is 1.12. The van der Waals surface area contributed by atoms with E-state index in [4.69, 9.17) is 4.52 Å². The molecule has 11 nitrogen and oxygen atoms in total. The standard InChI is InChI=1S/C22H26FN7O4/c1-28-21(32)17(26-30(22(28)33)16-9-7-15(23)8-10-16)18-25-20(34-27-18)19(31)24-11-6-14-29-12-4-2-3-5-13-29/h7-10H,2-6,11-14H2,1H3,(H,24,31). The van der Waals surface area contributed by atoms with Crippen LogP contribution in [-0.2, 0) is 7.05 Å². The molecule has 1 saturated heterocycles. The van der Waals surface area contributed by atoms with E-state index in [0.29, 0.717) is 6.54 Å². The molecule has 0 radical (unpaired) electrons. The van der Waals surface area contributed by atoms with Gasteiger partial charge in [-0.3, -0.25) is 14.2 Å². The highest BCUT2D eigenvalue weighted by molar-refractivity contribution is 5.89. The van der Waals surface area contributed by atoms with Crippen LogP contribution in [0.25, 0.3) is 17.2 Å². The first kappa shape index (κ1) is 23.5. The van der Waals surface area contributed by atoms with Crippen molar-refractivity contribution in [2.45, 2.75) is 32.1 Å². The summed E-state index contributed by atoms with van der Waals surface area (Å²) in [5.41, 5.74) is -1.52. The quantitative estimate of drug-likeness (QED) is 0.508. The summed E-state index contributed by atoms with van der Waals surface area (Å²) in [5.74, 6) is -1.58. The topological polar surface area (TPSA) is 128 Å². The van der Waals surface area contributed by atoms with Gasteiger partial charge in [-0.2, -0.15) is 14.8 Å². The third kappa shape index (κ3) is 5.28. The summed E-state index contributed by atoms with van der Waals surface area (Å²) in [7, 11) is 1.27. The minimum atomic E-state index is -0.756. The smallest absolute Gasteiger partial charge is 0.348 e. The second-order valence-corrected chi connectivity index (χ2v) is 8.17. The molecule has 180 valence electrons. The Balaban J connectivity index is 1.45. The van der Waals surface area contributed by atoms with Gasteiger partial charge >= 0.3 is 17.5 Å². The van der Waals surface area contributed by atoms with E-state index in [2.05, 4.69) is 25.5 Å². The Morgan fingerprint density at radius 3 is 2.53 bits per heavy atom. The molecule has 0 saturated carbocycles. The molecule has 0 aliphatic carbocycles. The summed E-state index contributed by atoms with van der Waals surface area (Å²) in [6.45, 7) is 3.52. The highest BCUT2D eigenvalue weighted by atomic mass is 19.1. The number of carbonyl (C=O) groups excluding carboxylic acids is 1. The van der Waals surface area contributed by atoms with Gasteiger partial charge in [-0.15, -0.1) is 0 Å². The Morgan fingerprint density at radius 2 is 1.82 bits per heavy atom. The van der Waals surface area contributed by atoms with Crippen molar-refractivity contribution in [1.82, 2.24) is 34.7 Å². The molecule has 0 spiro atoms. The van der Waals surface area contributed by atoms with E-state index in [1.165, 1.54) is 44.9 Å². The molecule has 1 fully saturated rings. The van der Waals surface area contributed by atoms with Gasteiger partial charge < -0.3 is 14.7 Å². The number of carbonyl (C=O) groups is 1. The van der Waals surface area contributed by atoms with Crippen LogP contribution in [0.5, 0.6) is 0 Å². The average molecular weight is 471 g/mol. The molecule has 3 aromatic rings. The number of likely N-dealkylation sites (tertiary alicyclic amines) is 1. The van der Waals surface area contributed by atoms with E-state index >= 15 is 0 Å². The van der Waals surface area contributed by atoms with Crippen molar-refractivity contribution < 1.29 is 13.7 Å². The maximum absolute atomic E-state index is 13.3. The first-order chi connectivity index (χ1) is 16.4. The minimum absolute atomic E-state index is 0.230. The summed E-state index contributed by atoms with van der Waals surface area (Å²) >= 11 is 0. The maximum Gasteiger partial charge on any atom is 0.351 e. The van der Waals surface area contributed by atoms with E-state index in [-0.39, 0.29) is 23.1 Å². The fourth-order valence-electron chi connectivity index (χ4n) is 3.82. The van der Waals surface area contributed by atoms with Crippen LogP contribution in [0.1, 0.15) is 42.8 Å². The number of aromatic nitrogens is 5. The van der Waals surface area contributed by atoms with Gasteiger partial charge in [-0.1, -0.05) is 18.0 Å². The molecule has 1 amide bonds. The van der Waals surface area contributed by atoms with Crippen molar-refractivity contribution in [3.8, 4) is 17.2 Å². The van der Waals surface area contributed by atoms with Crippen LogP contribution in [0.4, 0.5) is 4.39 Å². The molecule has 1 N–H and O–H groups in total. The highest BCUT2D eigenvalue weighted by Gasteiger charge is 2.22. The van der Waals surface area contributed by atoms with Crippen molar-refractivity contribution in [3.05, 3.63) is 56.8 Å². The third-order valence-corrected chi connectivity index (χ3v) is 5.71. The number of benzene rings is 1. The Morgan fingerprint density at radius 1 is 1.12 bits per heavy atom. The molecule has 2 aromatic heterocycles. The summed E-state index contributed by atoms with van der Waals surface area (Å²) in [5, 5.41) is 10.5. The largest absolute Gasteiger partial charge is 0.351 e. The minimum Gasteiger partial charge on any atom is -0.348 e. The fourth-order valence-corrected chi connectivity index (χ4v) is 3.82. The van der Waals surface area contributed by atoms with Gasteiger partial charge in [0.05, 0.1) is 5.69 Å². The van der Waals surface area contributed by atoms with Crippen LogP contribution in [-0.4, -0.2) is 61.5 Å². The molecular weight excluding hydrogens is 445 g/mol. The Hall–Kier alpha value is -3.67. The Bertz CT molecular complexity index is 1260. The lowest BCUT2D eigenvalue weighted by atomic mass is 10.2. The summed E-state index contributed by atoms with van der Waals surface area (Å²) in [6, 6.07) is 5.02. The second-order valence-electron chi connectivity index (χ2n) is 8.17. The average Bonchev–Trinajstić information content (AvgIpc) is 3.18. The van der Waals surface area contributed by atoms with Crippen LogP contribution in [0, 0.1) is 5.82 Å². The lowest BCUT2D eigenvalue weighted by Gasteiger charge is -2.19. The zero-order chi connectivity index (χ0) is 24.1. The highest BCUT2D eigenvalue weighted by Crippen LogP contribution is 2.11. The van der Waals surface area contributed by atoms with Gasteiger partial charge in [0.25, 0.3) is 5.56 Å². The number of nitrogens with one attached hydrogen (secondary N) is 1. The lowest BCUT2D eigenvalue weighted by molar-refractivity contribution is 0.0908. The maximum atomic E-state index is 13.3. The molecule has 3 heterocycles.